The van der Waals surface area contributed by atoms with Crippen molar-refractivity contribution in [2.75, 3.05) is 0 Å². The van der Waals surface area contributed by atoms with Crippen LogP contribution in [0.15, 0.2) is 33.4 Å². The molecule has 0 aliphatic rings. The Balaban J connectivity index is 2.49. The Morgan fingerprint density at radius 1 is 1.19 bits per heavy atom. The molecule has 1 heterocycles. The quantitative estimate of drug-likeness (QED) is 0.893. The van der Waals surface area contributed by atoms with Crippen LogP contribution in [0.1, 0.15) is 17.2 Å². The average Bonchev–Trinajstić information content (AvgIpc) is 2.64. The van der Waals surface area contributed by atoms with Gasteiger partial charge < -0.3 is 5.11 Å². The molecule has 1 aromatic carbocycles. The second-order valence-corrected chi connectivity index (χ2v) is 4.81. The molecule has 1 nitrogen and oxygen atoms in total. The van der Waals surface area contributed by atoms with Crippen LogP contribution in [0.4, 0.5) is 8.78 Å². The van der Waals surface area contributed by atoms with Gasteiger partial charge in [-0.2, -0.15) is 11.3 Å². The van der Waals surface area contributed by atoms with Crippen LogP contribution in [0.25, 0.3) is 0 Å². The second kappa shape index (κ2) is 4.61. The van der Waals surface area contributed by atoms with Crippen molar-refractivity contribution in [2.45, 2.75) is 6.10 Å². The first kappa shape index (κ1) is 11.7. The number of aliphatic hydroxyl groups excluding tert-OH is 1. The Kier molecular flexibility index (Phi) is 3.37. The maximum Gasteiger partial charge on any atom is 0.132 e. The van der Waals surface area contributed by atoms with Gasteiger partial charge in [-0.3, -0.25) is 0 Å². The first-order chi connectivity index (χ1) is 7.61. The molecule has 2 aromatic rings. The van der Waals surface area contributed by atoms with Gasteiger partial charge in [0.1, 0.15) is 17.7 Å². The Bertz CT molecular complexity index is 492. The normalized spacial score (nSPS) is 12.8. The molecule has 16 heavy (non-hydrogen) atoms. The minimum atomic E-state index is -1.29. The number of hydrogen-bond donors (Lipinski definition) is 1. The standard InChI is InChI=1S/C11H7BrF2OS/c12-7-5-16-4-6(7)11(15)10-8(13)2-1-3-9(10)14/h1-5,11,15H. The van der Waals surface area contributed by atoms with Gasteiger partial charge in [-0.15, -0.1) is 0 Å². The molecule has 0 saturated heterocycles. The van der Waals surface area contributed by atoms with E-state index in [1.54, 1.807) is 10.8 Å². The highest BCUT2D eigenvalue weighted by atomic mass is 79.9. The van der Waals surface area contributed by atoms with E-state index in [9.17, 15) is 13.9 Å². The van der Waals surface area contributed by atoms with E-state index in [2.05, 4.69) is 15.9 Å². The molecule has 84 valence electrons. The molecule has 1 aromatic heterocycles. The van der Waals surface area contributed by atoms with Crippen molar-refractivity contribution in [1.29, 1.82) is 0 Å². The number of benzene rings is 1. The zero-order chi connectivity index (χ0) is 11.7. The van der Waals surface area contributed by atoms with E-state index >= 15 is 0 Å². The summed E-state index contributed by atoms with van der Waals surface area (Å²) in [7, 11) is 0. The van der Waals surface area contributed by atoms with Gasteiger partial charge in [0, 0.05) is 15.4 Å². The van der Waals surface area contributed by atoms with Crippen molar-refractivity contribution >= 4 is 27.3 Å². The van der Waals surface area contributed by atoms with Crippen LogP contribution in [0, 0.1) is 11.6 Å². The minimum absolute atomic E-state index is 0.318. The summed E-state index contributed by atoms with van der Waals surface area (Å²) in [5.41, 5.74) is 0.149. The molecule has 1 atom stereocenters. The van der Waals surface area contributed by atoms with Crippen LogP contribution in [0.2, 0.25) is 0 Å². The Morgan fingerprint density at radius 3 is 2.31 bits per heavy atom. The third-order valence-electron chi connectivity index (χ3n) is 2.21. The van der Waals surface area contributed by atoms with Crippen molar-refractivity contribution in [3.8, 4) is 0 Å². The van der Waals surface area contributed by atoms with Crippen molar-refractivity contribution < 1.29 is 13.9 Å². The maximum absolute atomic E-state index is 13.4. The van der Waals surface area contributed by atoms with E-state index in [-0.39, 0.29) is 5.56 Å². The predicted octanol–water partition coefficient (Wildman–Crippen LogP) is 3.87. The van der Waals surface area contributed by atoms with Gasteiger partial charge in [-0.25, -0.2) is 8.78 Å². The lowest BCUT2D eigenvalue weighted by molar-refractivity contribution is 0.209. The molecule has 0 radical (unpaired) electrons. The van der Waals surface area contributed by atoms with Gasteiger partial charge in [-0.05, 0) is 33.4 Å². The lowest BCUT2D eigenvalue weighted by Gasteiger charge is -2.12. The van der Waals surface area contributed by atoms with Crippen LogP contribution in [0.3, 0.4) is 0 Å². The summed E-state index contributed by atoms with van der Waals surface area (Å²) in [5, 5.41) is 13.3. The van der Waals surface area contributed by atoms with Gasteiger partial charge in [0.2, 0.25) is 0 Å². The van der Waals surface area contributed by atoms with Crippen LogP contribution in [-0.2, 0) is 0 Å². The van der Waals surface area contributed by atoms with Crippen LogP contribution in [-0.4, -0.2) is 5.11 Å². The number of halogens is 3. The number of hydrogen-bond acceptors (Lipinski definition) is 2. The van der Waals surface area contributed by atoms with Gasteiger partial charge in [-0.1, -0.05) is 6.07 Å². The minimum Gasteiger partial charge on any atom is -0.383 e. The van der Waals surface area contributed by atoms with E-state index in [1.807, 2.05) is 0 Å². The second-order valence-electron chi connectivity index (χ2n) is 3.21. The topological polar surface area (TPSA) is 20.2 Å². The fourth-order valence-electron chi connectivity index (χ4n) is 1.41. The zero-order valence-electron chi connectivity index (χ0n) is 7.95. The van der Waals surface area contributed by atoms with E-state index in [0.29, 0.717) is 10.0 Å². The fourth-order valence-corrected chi connectivity index (χ4v) is 2.95. The van der Waals surface area contributed by atoms with E-state index in [1.165, 1.54) is 17.4 Å². The molecular weight excluding hydrogens is 298 g/mol. The lowest BCUT2D eigenvalue weighted by atomic mass is 10.0. The number of aliphatic hydroxyl groups is 1. The highest BCUT2D eigenvalue weighted by molar-refractivity contribution is 9.10. The van der Waals surface area contributed by atoms with Crippen LogP contribution >= 0.6 is 27.3 Å². The summed E-state index contributed by atoms with van der Waals surface area (Å²) in [5.74, 6) is -1.49. The summed E-state index contributed by atoms with van der Waals surface area (Å²) >= 11 is 4.57. The number of rotatable bonds is 2. The molecular formula is C11H7BrF2OS. The summed E-state index contributed by atoms with van der Waals surface area (Å²) in [6, 6.07) is 3.52. The first-order valence-corrected chi connectivity index (χ1v) is 6.18. The highest BCUT2D eigenvalue weighted by Gasteiger charge is 2.21. The maximum atomic E-state index is 13.4. The average molecular weight is 305 g/mol. The lowest BCUT2D eigenvalue weighted by Crippen LogP contribution is -2.05. The van der Waals surface area contributed by atoms with Gasteiger partial charge in [0.25, 0.3) is 0 Å². The van der Waals surface area contributed by atoms with Crippen LogP contribution < -0.4 is 0 Å². The smallest absolute Gasteiger partial charge is 0.132 e. The van der Waals surface area contributed by atoms with E-state index in [4.69, 9.17) is 0 Å². The summed E-state index contributed by atoms with van der Waals surface area (Å²) in [4.78, 5) is 0. The molecule has 0 aliphatic heterocycles. The highest BCUT2D eigenvalue weighted by Crippen LogP contribution is 2.33. The summed E-state index contributed by atoms with van der Waals surface area (Å²) < 4.78 is 27.5. The molecule has 5 heteroatoms. The molecule has 0 aliphatic carbocycles. The SMILES string of the molecule is OC(c1cscc1Br)c1c(F)cccc1F. The van der Waals surface area contributed by atoms with Gasteiger partial charge >= 0.3 is 0 Å². The Hall–Kier alpha value is -0.780. The van der Waals surface area contributed by atoms with Crippen LogP contribution in [0.5, 0.6) is 0 Å². The van der Waals surface area contributed by atoms with Gasteiger partial charge in [0.15, 0.2) is 0 Å². The third-order valence-corrected chi connectivity index (χ3v) is 3.96. The van der Waals surface area contributed by atoms with E-state index in [0.717, 1.165) is 12.1 Å². The molecule has 0 amide bonds. The van der Waals surface area contributed by atoms with Crippen molar-refractivity contribution in [2.24, 2.45) is 0 Å². The zero-order valence-corrected chi connectivity index (χ0v) is 10.4. The third kappa shape index (κ3) is 2.03. The van der Waals surface area contributed by atoms with Gasteiger partial charge in [0.05, 0.1) is 5.56 Å². The Labute approximate surface area is 103 Å². The monoisotopic (exact) mass is 304 g/mol. The molecule has 0 fully saturated rings. The van der Waals surface area contributed by atoms with E-state index < -0.39 is 17.7 Å². The Morgan fingerprint density at radius 2 is 1.81 bits per heavy atom. The molecule has 2 rings (SSSR count). The molecule has 1 N–H and O–H groups in total. The van der Waals surface area contributed by atoms with Crippen molar-refractivity contribution in [1.82, 2.24) is 0 Å². The predicted molar refractivity (Wildman–Crippen MR) is 62.4 cm³/mol. The summed E-state index contributed by atoms with van der Waals surface area (Å²) in [6.45, 7) is 0. The molecule has 0 spiro atoms. The fraction of sp³-hybridized carbons (Fsp3) is 0.0909. The summed E-state index contributed by atoms with van der Waals surface area (Å²) in [6.07, 6.45) is -1.29. The molecule has 1 unspecified atom stereocenters. The molecule has 0 saturated carbocycles. The van der Waals surface area contributed by atoms with Crippen molar-refractivity contribution in [3.05, 3.63) is 56.2 Å². The number of thiophene rings is 1. The van der Waals surface area contributed by atoms with Crippen molar-refractivity contribution in [3.63, 3.8) is 0 Å². The molecule has 0 bridgehead atoms. The first-order valence-electron chi connectivity index (χ1n) is 4.45. The largest absolute Gasteiger partial charge is 0.383 e.